The van der Waals surface area contributed by atoms with Gasteiger partial charge in [-0.25, -0.2) is 0 Å². The molecule has 7 heteroatoms. The molecular formula is C22H21ClN2O3S. The lowest BCUT2D eigenvalue weighted by Gasteiger charge is -2.27. The summed E-state index contributed by atoms with van der Waals surface area (Å²) >= 11 is 7.44. The van der Waals surface area contributed by atoms with Crippen molar-refractivity contribution in [1.82, 2.24) is 5.32 Å². The van der Waals surface area contributed by atoms with E-state index >= 15 is 0 Å². The first kappa shape index (κ1) is 20.0. The van der Waals surface area contributed by atoms with E-state index in [4.69, 9.17) is 16.3 Å². The number of thioether (sulfide) groups is 1. The lowest BCUT2D eigenvalue weighted by Crippen LogP contribution is -2.33. The number of anilines is 1. The van der Waals surface area contributed by atoms with Crippen molar-refractivity contribution in [1.29, 1.82) is 0 Å². The zero-order valence-electron chi connectivity index (χ0n) is 16.0. The summed E-state index contributed by atoms with van der Waals surface area (Å²) in [6.45, 7) is 1.26. The summed E-state index contributed by atoms with van der Waals surface area (Å²) in [6.07, 6.45) is 3.94. The Labute approximate surface area is 179 Å². The summed E-state index contributed by atoms with van der Waals surface area (Å²) in [4.78, 5) is 28.5. The molecule has 0 saturated carbocycles. The number of benzene rings is 2. The molecule has 0 spiro atoms. The Morgan fingerprint density at radius 2 is 2.21 bits per heavy atom. The zero-order chi connectivity index (χ0) is 20.4. The van der Waals surface area contributed by atoms with Crippen molar-refractivity contribution in [3.05, 3.63) is 63.5 Å². The number of carbonyl (C=O) groups is 2. The van der Waals surface area contributed by atoms with Crippen LogP contribution in [0.5, 0.6) is 0 Å². The van der Waals surface area contributed by atoms with Crippen molar-refractivity contribution < 1.29 is 14.3 Å². The molecule has 1 N–H and O–H groups in total. The smallest absolute Gasteiger partial charge is 0.264 e. The van der Waals surface area contributed by atoms with Gasteiger partial charge in [0.25, 0.3) is 11.8 Å². The Kier molecular flexibility index (Phi) is 5.94. The second-order valence-corrected chi connectivity index (χ2v) is 8.58. The predicted octanol–water partition coefficient (Wildman–Crippen LogP) is 4.36. The van der Waals surface area contributed by atoms with E-state index in [1.807, 2.05) is 30.3 Å². The fourth-order valence-corrected chi connectivity index (χ4v) is 4.69. The van der Waals surface area contributed by atoms with Crippen molar-refractivity contribution in [2.45, 2.75) is 23.8 Å². The minimum absolute atomic E-state index is 0.0931. The number of nitrogens with one attached hydrogen (secondary N) is 1. The molecule has 2 aromatic carbocycles. The molecule has 5 nitrogen and oxygen atoms in total. The SMILES string of the molecule is CN1C(=O)/C(=C/c2cccc(Cl)c2)Sc2ccc(C(=O)NCC3CCCO3)cc21. The van der Waals surface area contributed by atoms with Crippen LogP contribution in [0, 0.1) is 0 Å². The van der Waals surface area contributed by atoms with E-state index in [9.17, 15) is 9.59 Å². The van der Waals surface area contributed by atoms with Gasteiger partial charge in [0.2, 0.25) is 0 Å². The monoisotopic (exact) mass is 428 g/mol. The molecule has 0 aromatic heterocycles. The summed E-state index contributed by atoms with van der Waals surface area (Å²) in [6, 6.07) is 12.8. The van der Waals surface area contributed by atoms with Gasteiger partial charge < -0.3 is 15.0 Å². The molecule has 1 atom stereocenters. The molecule has 1 unspecified atom stereocenters. The Morgan fingerprint density at radius 3 is 2.97 bits per heavy atom. The normalized spacial score (nSPS) is 20.1. The number of amides is 2. The highest BCUT2D eigenvalue weighted by molar-refractivity contribution is 8.04. The van der Waals surface area contributed by atoms with Gasteiger partial charge in [-0.05, 0) is 54.8 Å². The second-order valence-electron chi connectivity index (χ2n) is 7.06. The third-order valence-corrected chi connectivity index (χ3v) is 6.29. The van der Waals surface area contributed by atoms with Crippen molar-refractivity contribution in [2.24, 2.45) is 0 Å². The van der Waals surface area contributed by atoms with E-state index in [0.29, 0.717) is 22.0 Å². The number of nitrogens with zero attached hydrogens (tertiary/aromatic N) is 1. The molecule has 29 heavy (non-hydrogen) atoms. The van der Waals surface area contributed by atoms with E-state index in [1.165, 1.54) is 11.8 Å². The topological polar surface area (TPSA) is 58.6 Å². The maximum absolute atomic E-state index is 12.8. The molecule has 1 fully saturated rings. The fraction of sp³-hybridized carbons (Fsp3) is 0.273. The number of ether oxygens (including phenoxy) is 1. The van der Waals surface area contributed by atoms with Crippen LogP contribution in [-0.2, 0) is 9.53 Å². The third-order valence-electron chi connectivity index (χ3n) is 4.98. The van der Waals surface area contributed by atoms with Gasteiger partial charge in [-0.2, -0.15) is 0 Å². The van der Waals surface area contributed by atoms with Crippen LogP contribution in [-0.4, -0.2) is 38.1 Å². The lowest BCUT2D eigenvalue weighted by atomic mass is 10.1. The maximum Gasteiger partial charge on any atom is 0.264 e. The van der Waals surface area contributed by atoms with Gasteiger partial charge in [-0.1, -0.05) is 35.5 Å². The molecule has 2 aromatic rings. The predicted molar refractivity (Wildman–Crippen MR) is 116 cm³/mol. The van der Waals surface area contributed by atoms with E-state index in [-0.39, 0.29) is 17.9 Å². The molecule has 1 saturated heterocycles. The van der Waals surface area contributed by atoms with Crippen LogP contribution in [0.1, 0.15) is 28.8 Å². The van der Waals surface area contributed by atoms with Gasteiger partial charge in [0.15, 0.2) is 0 Å². The van der Waals surface area contributed by atoms with Crippen molar-refractivity contribution in [2.75, 3.05) is 25.1 Å². The zero-order valence-corrected chi connectivity index (χ0v) is 17.6. The number of halogens is 1. The number of likely N-dealkylation sites (N-methyl/N-ethyl adjacent to an activating group) is 1. The average Bonchev–Trinajstić information content (AvgIpc) is 3.23. The number of hydrogen-bond donors (Lipinski definition) is 1. The van der Waals surface area contributed by atoms with Crippen LogP contribution < -0.4 is 10.2 Å². The molecule has 150 valence electrons. The summed E-state index contributed by atoms with van der Waals surface area (Å²) in [5.41, 5.74) is 2.13. The van der Waals surface area contributed by atoms with Gasteiger partial charge in [0, 0.05) is 35.7 Å². The number of carbonyl (C=O) groups excluding carboxylic acids is 2. The molecule has 2 amide bonds. The summed E-state index contributed by atoms with van der Waals surface area (Å²) in [5, 5.41) is 3.55. The summed E-state index contributed by atoms with van der Waals surface area (Å²) in [7, 11) is 1.72. The number of fused-ring (bicyclic) bond motifs is 1. The standard InChI is InChI=1S/C22H21ClN2O3S/c1-25-18-12-15(21(26)24-13-17-6-3-9-28-17)7-8-19(18)29-20(22(25)27)11-14-4-2-5-16(23)10-14/h2,4-5,7-8,10-12,17H,3,6,9,13H2,1H3,(H,24,26)/b20-11-. The molecule has 2 aliphatic heterocycles. The van der Waals surface area contributed by atoms with E-state index in [0.717, 1.165) is 35.6 Å². The summed E-state index contributed by atoms with van der Waals surface area (Å²) < 4.78 is 5.54. The van der Waals surface area contributed by atoms with Crippen LogP contribution in [0.25, 0.3) is 6.08 Å². The first-order valence-electron chi connectivity index (χ1n) is 9.48. The molecule has 2 heterocycles. The molecule has 0 aliphatic carbocycles. The van der Waals surface area contributed by atoms with Gasteiger partial charge in [0.1, 0.15) is 0 Å². The number of rotatable bonds is 4. The Hall–Kier alpha value is -2.28. The third kappa shape index (κ3) is 4.50. The molecular weight excluding hydrogens is 408 g/mol. The van der Waals surface area contributed by atoms with Gasteiger partial charge in [0.05, 0.1) is 16.7 Å². The maximum atomic E-state index is 12.8. The first-order chi connectivity index (χ1) is 14.0. The van der Waals surface area contributed by atoms with Crippen LogP contribution in [0.2, 0.25) is 5.02 Å². The highest BCUT2D eigenvalue weighted by Crippen LogP contribution is 2.42. The Balaban J connectivity index is 1.53. The van der Waals surface area contributed by atoms with Gasteiger partial charge >= 0.3 is 0 Å². The number of hydrogen-bond acceptors (Lipinski definition) is 4. The largest absolute Gasteiger partial charge is 0.376 e. The highest BCUT2D eigenvalue weighted by atomic mass is 35.5. The van der Waals surface area contributed by atoms with Crippen LogP contribution in [0.3, 0.4) is 0 Å². The van der Waals surface area contributed by atoms with E-state index in [1.54, 1.807) is 30.1 Å². The van der Waals surface area contributed by atoms with Gasteiger partial charge in [-0.15, -0.1) is 0 Å². The quantitative estimate of drug-likeness (QED) is 0.735. The summed E-state index contributed by atoms with van der Waals surface area (Å²) in [5.74, 6) is -0.270. The van der Waals surface area contributed by atoms with Crippen molar-refractivity contribution in [3.8, 4) is 0 Å². The van der Waals surface area contributed by atoms with E-state index < -0.39 is 0 Å². The lowest BCUT2D eigenvalue weighted by molar-refractivity contribution is -0.114. The fourth-order valence-electron chi connectivity index (χ4n) is 3.40. The minimum Gasteiger partial charge on any atom is -0.376 e. The first-order valence-corrected chi connectivity index (χ1v) is 10.7. The van der Waals surface area contributed by atoms with Crippen LogP contribution >= 0.6 is 23.4 Å². The average molecular weight is 429 g/mol. The molecule has 2 aliphatic rings. The molecule has 0 radical (unpaired) electrons. The molecule has 0 bridgehead atoms. The Bertz CT molecular complexity index is 986. The van der Waals surface area contributed by atoms with Crippen molar-refractivity contribution in [3.63, 3.8) is 0 Å². The second kappa shape index (κ2) is 8.61. The minimum atomic E-state index is -0.158. The van der Waals surface area contributed by atoms with Crippen molar-refractivity contribution >= 4 is 46.9 Å². The van der Waals surface area contributed by atoms with E-state index in [2.05, 4.69) is 5.32 Å². The molecule has 4 rings (SSSR count). The van der Waals surface area contributed by atoms with Crippen LogP contribution in [0.15, 0.2) is 52.3 Å². The highest BCUT2D eigenvalue weighted by Gasteiger charge is 2.27. The van der Waals surface area contributed by atoms with Crippen LogP contribution in [0.4, 0.5) is 5.69 Å². The van der Waals surface area contributed by atoms with Gasteiger partial charge in [-0.3, -0.25) is 9.59 Å². The Morgan fingerprint density at radius 1 is 1.34 bits per heavy atom.